The number of rotatable bonds is 7. The van der Waals surface area contributed by atoms with Gasteiger partial charge in [0.25, 0.3) is 0 Å². The fraction of sp³-hybridized carbons (Fsp3) is 0.560. The van der Waals surface area contributed by atoms with Crippen LogP contribution in [0, 0.1) is 0 Å². The van der Waals surface area contributed by atoms with Crippen molar-refractivity contribution in [3.05, 3.63) is 53.0 Å². The van der Waals surface area contributed by atoms with Crippen LogP contribution in [0.15, 0.2) is 30.3 Å². The minimum atomic E-state index is 0.166. The molecule has 2 aromatic rings. The molecular weight excluding hydrogens is 400 g/mol. The maximum Gasteiger partial charge on any atom is 0.237 e. The summed E-state index contributed by atoms with van der Waals surface area (Å²) in [4.78, 5) is 27.3. The van der Waals surface area contributed by atoms with E-state index in [0.29, 0.717) is 13.1 Å². The molecule has 1 amide bonds. The smallest absolute Gasteiger partial charge is 0.237 e. The van der Waals surface area contributed by atoms with Gasteiger partial charge >= 0.3 is 0 Å². The Morgan fingerprint density at radius 1 is 1.28 bits per heavy atom. The van der Waals surface area contributed by atoms with Crippen LogP contribution in [0.4, 0.5) is 5.82 Å². The molecule has 0 aliphatic carbocycles. The topological polar surface area (TPSA) is 73.4 Å². The fourth-order valence-corrected chi connectivity index (χ4v) is 4.78. The Morgan fingerprint density at radius 3 is 2.84 bits per heavy atom. The molecule has 7 nitrogen and oxygen atoms in total. The molecular formula is C25H36N6O. The number of hydrogen-bond acceptors (Lipinski definition) is 6. The van der Waals surface area contributed by atoms with Gasteiger partial charge in [0.05, 0.1) is 12.2 Å². The Hall–Kier alpha value is -2.51. The van der Waals surface area contributed by atoms with Crippen molar-refractivity contribution < 1.29 is 4.79 Å². The molecule has 1 aromatic carbocycles. The molecule has 3 heterocycles. The Bertz CT molecular complexity index is 899. The number of carbonyl (C=O) groups excluding carboxylic acids is 1. The number of piperidine rings is 1. The largest absolute Gasteiger partial charge is 0.373 e. The van der Waals surface area contributed by atoms with Gasteiger partial charge in [-0.3, -0.25) is 9.69 Å². The predicted octanol–water partition coefficient (Wildman–Crippen LogP) is 2.78. The molecule has 4 rings (SSSR count). The van der Waals surface area contributed by atoms with Crippen molar-refractivity contribution in [3.63, 3.8) is 0 Å². The minimum absolute atomic E-state index is 0.166. The van der Waals surface area contributed by atoms with E-state index in [9.17, 15) is 4.79 Å². The van der Waals surface area contributed by atoms with Gasteiger partial charge in [-0.2, -0.15) is 0 Å². The molecule has 1 aromatic heterocycles. The lowest BCUT2D eigenvalue weighted by molar-refractivity contribution is -0.135. The van der Waals surface area contributed by atoms with Crippen molar-refractivity contribution in [1.82, 2.24) is 25.1 Å². The molecule has 2 aliphatic rings. The zero-order chi connectivity index (χ0) is 22.5. The van der Waals surface area contributed by atoms with Crippen LogP contribution in [0.1, 0.15) is 55.3 Å². The summed E-state index contributed by atoms with van der Waals surface area (Å²) in [5.74, 6) is 2.33. The zero-order valence-corrected chi connectivity index (χ0v) is 19.6. The SMILES string of the molecule is CNc1nc([C@H]2CCCN(CC(=O)N(Cc3ccccc3)C(C)C)C2)nc2c1CNCC2. The van der Waals surface area contributed by atoms with E-state index in [1.54, 1.807) is 0 Å². The van der Waals surface area contributed by atoms with Gasteiger partial charge in [0, 0.05) is 57.2 Å². The molecule has 32 heavy (non-hydrogen) atoms. The van der Waals surface area contributed by atoms with E-state index in [2.05, 4.69) is 41.5 Å². The number of benzene rings is 1. The van der Waals surface area contributed by atoms with E-state index in [4.69, 9.17) is 9.97 Å². The Kier molecular flexibility index (Phi) is 7.37. The van der Waals surface area contributed by atoms with Gasteiger partial charge in [-0.25, -0.2) is 9.97 Å². The van der Waals surface area contributed by atoms with Crippen LogP contribution in [0.3, 0.4) is 0 Å². The molecule has 0 radical (unpaired) electrons. The average molecular weight is 437 g/mol. The lowest BCUT2D eigenvalue weighted by Gasteiger charge is -2.35. The third-order valence-corrected chi connectivity index (χ3v) is 6.56. The zero-order valence-electron chi connectivity index (χ0n) is 19.6. The second-order valence-corrected chi connectivity index (χ2v) is 9.21. The van der Waals surface area contributed by atoms with Gasteiger partial charge in [0.2, 0.25) is 5.91 Å². The number of aromatic nitrogens is 2. The van der Waals surface area contributed by atoms with E-state index in [-0.39, 0.29) is 17.9 Å². The van der Waals surface area contributed by atoms with E-state index in [0.717, 1.165) is 57.1 Å². The van der Waals surface area contributed by atoms with Crippen LogP contribution in [0.5, 0.6) is 0 Å². The van der Waals surface area contributed by atoms with E-state index >= 15 is 0 Å². The normalized spacial score (nSPS) is 18.9. The molecule has 0 bridgehead atoms. The van der Waals surface area contributed by atoms with Crippen LogP contribution < -0.4 is 10.6 Å². The van der Waals surface area contributed by atoms with Crippen molar-refractivity contribution in [3.8, 4) is 0 Å². The molecule has 172 valence electrons. The first-order valence-corrected chi connectivity index (χ1v) is 11.9. The van der Waals surface area contributed by atoms with Gasteiger partial charge in [-0.05, 0) is 38.8 Å². The van der Waals surface area contributed by atoms with E-state index in [1.165, 1.54) is 16.8 Å². The van der Waals surface area contributed by atoms with Gasteiger partial charge in [0.1, 0.15) is 11.6 Å². The highest BCUT2D eigenvalue weighted by molar-refractivity contribution is 5.78. The third-order valence-electron chi connectivity index (χ3n) is 6.56. The first-order valence-electron chi connectivity index (χ1n) is 11.9. The van der Waals surface area contributed by atoms with Crippen LogP contribution >= 0.6 is 0 Å². The van der Waals surface area contributed by atoms with Crippen LogP contribution in [0.2, 0.25) is 0 Å². The van der Waals surface area contributed by atoms with Gasteiger partial charge < -0.3 is 15.5 Å². The molecule has 2 aliphatic heterocycles. The third kappa shape index (κ3) is 5.27. The first kappa shape index (κ1) is 22.7. The Balaban J connectivity index is 1.44. The van der Waals surface area contributed by atoms with Crippen molar-refractivity contribution in [1.29, 1.82) is 0 Å². The average Bonchev–Trinajstić information content (AvgIpc) is 2.82. The molecule has 0 spiro atoms. The van der Waals surface area contributed by atoms with Crippen molar-refractivity contribution in [2.24, 2.45) is 0 Å². The lowest BCUT2D eigenvalue weighted by Crippen LogP contribution is -2.46. The highest BCUT2D eigenvalue weighted by Gasteiger charge is 2.28. The quantitative estimate of drug-likeness (QED) is 0.695. The summed E-state index contributed by atoms with van der Waals surface area (Å²) in [6.07, 6.45) is 3.08. The number of hydrogen-bond donors (Lipinski definition) is 2. The van der Waals surface area contributed by atoms with E-state index < -0.39 is 0 Å². The number of amides is 1. The standard InChI is InChI=1S/C25H36N6O/c1-18(2)31(15-19-8-5-4-6-9-19)23(32)17-30-13-7-10-20(16-30)24-28-22-11-12-27-14-21(22)25(26-3)29-24/h4-6,8-9,18,20,27H,7,10-17H2,1-3H3,(H,26,28,29)/t20-/m0/s1. The number of fused-ring (bicyclic) bond motifs is 1. The highest BCUT2D eigenvalue weighted by atomic mass is 16.2. The number of likely N-dealkylation sites (tertiary alicyclic amines) is 1. The van der Waals surface area contributed by atoms with Crippen LogP contribution in [-0.2, 0) is 24.3 Å². The van der Waals surface area contributed by atoms with Crippen LogP contribution in [-0.4, -0.2) is 64.9 Å². The minimum Gasteiger partial charge on any atom is -0.373 e. The van der Waals surface area contributed by atoms with Crippen LogP contribution in [0.25, 0.3) is 0 Å². The molecule has 0 saturated carbocycles. The number of nitrogens with one attached hydrogen (secondary N) is 2. The summed E-state index contributed by atoms with van der Waals surface area (Å²) in [5, 5.41) is 6.67. The van der Waals surface area contributed by atoms with Crippen molar-refractivity contribution >= 4 is 11.7 Å². The molecule has 7 heteroatoms. The summed E-state index contributed by atoms with van der Waals surface area (Å²) in [6.45, 7) is 8.87. The van der Waals surface area contributed by atoms with Gasteiger partial charge in [0.15, 0.2) is 0 Å². The summed E-state index contributed by atoms with van der Waals surface area (Å²) in [6, 6.07) is 10.4. The maximum absolute atomic E-state index is 13.2. The molecule has 1 saturated heterocycles. The van der Waals surface area contributed by atoms with Crippen molar-refractivity contribution in [2.45, 2.75) is 58.2 Å². The summed E-state index contributed by atoms with van der Waals surface area (Å²) in [5.41, 5.74) is 3.53. The Morgan fingerprint density at radius 2 is 2.09 bits per heavy atom. The second kappa shape index (κ2) is 10.4. The van der Waals surface area contributed by atoms with E-state index in [1.807, 2.05) is 30.1 Å². The number of carbonyl (C=O) groups is 1. The summed E-state index contributed by atoms with van der Waals surface area (Å²) >= 11 is 0. The molecule has 2 N–H and O–H groups in total. The first-order chi connectivity index (χ1) is 15.5. The summed E-state index contributed by atoms with van der Waals surface area (Å²) < 4.78 is 0. The predicted molar refractivity (Wildman–Crippen MR) is 128 cm³/mol. The fourth-order valence-electron chi connectivity index (χ4n) is 4.78. The maximum atomic E-state index is 13.2. The second-order valence-electron chi connectivity index (χ2n) is 9.21. The number of anilines is 1. The summed E-state index contributed by atoms with van der Waals surface area (Å²) in [7, 11) is 1.93. The molecule has 1 fully saturated rings. The van der Waals surface area contributed by atoms with Gasteiger partial charge in [-0.1, -0.05) is 30.3 Å². The molecule has 0 unspecified atom stereocenters. The molecule has 1 atom stereocenters. The van der Waals surface area contributed by atoms with Crippen molar-refractivity contribution in [2.75, 3.05) is 38.5 Å². The number of nitrogens with zero attached hydrogens (tertiary/aromatic N) is 4. The Labute approximate surface area is 191 Å². The van der Waals surface area contributed by atoms with Gasteiger partial charge in [-0.15, -0.1) is 0 Å². The monoisotopic (exact) mass is 436 g/mol. The lowest BCUT2D eigenvalue weighted by atomic mass is 9.96. The highest BCUT2D eigenvalue weighted by Crippen LogP contribution is 2.28.